The molecule has 0 radical (unpaired) electrons. The largest absolute Gasteiger partial charge is 0.456 e. The van der Waals surface area contributed by atoms with Gasteiger partial charge in [-0.1, -0.05) is 109 Å². The van der Waals surface area contributed by atoms with E-state index in [4.69, 9.17) is 23.8 Å². The van der Waals surface area contributed by atoms with Crippen molar-refractivity contribution in [3.8, 4) is 45.3 Å². The zero-order chi connectivity index (χ0) is 29.0. The quantitative estimate of drug-likeness (QED) is 0.212. The molecule has 0 fully saturated rings. The molecule has 0 unspecified atom stereocenters. The number of hydrogen-bond donors (Lipinski definition) is 0. The molecule has 0 aliphatic rings. The second kappa shape index (κ2) is 9.75. The number of benzene rings is 6. The molecule has 0 saturated heterocycles. The topological polar surface area (TPSA) is 65.0 Å². The molecule has 0 aliphatic carbocycles. The second-order valence-electron chi connectivity index (χ2n) is 10.8. The molecular formula is C39H23N3O2. The predicted octanol–water partition coefficient (Wildman–Crippen LogP) is 10.3. The molecule has 0 atom stereocenters. The standard InChI is InChI=1S/C39H23N3O2/c1-3-11-24(12-4-1)26-15-9-16-27(21-26)38-40-37(25-13-5-2-6-14-25)41-39(42-38)30-19-10-18-29-32-23-34-31(22-35(32)44-36(29)30)28-17-7-8-20-33(28)43-34/h1-23H. The second-order valence-corrected chi connectivity index (χ2v) is 10.8. The smallest absolute Gasteiger partial charge is 0.167 e. The van der Waals surface area contributed by atoms with Crippen LogP contribution in [-0.2, 0) is 0 Å². The lowest BCUT2D eigenvalue weighted by Crippen LogP contribution is -2.00. The van der Waals surface area contributed by atoms with Crippen LogP contribution in [0.25, 0.3) is 89.2 Å². The van der Waals surface area contributed by atoms with E-state index in [-0.39, 0.29) is 0 Å². The van der Waals surface area contributed by atoms with Crippen LogP contribution in [0, 0.1) is 0 Å². The van der Waals surface area contributed by atoms with Crippen LogP contribution in [0.1, 0.15) is 0 Å². The zero-order valence-electron chi connectivity index (χ0n) is 23.4. The monoisotopic (exact) mass is 565 g/mol. The maximum atomic E-state index is 6.59. The van der Waals surface area contributed by atoms with Crippen LogP contribution in [-0.4, -0.2) is 15.0 Å². The zero-order valence-corrected chi connectivity index (χ0v) is 23.4. The van der Waals surface area contributed by atoms with Gasteiger partial charge in [-0.05, 0) is 41.5 Å². The number of rotatable bonds is 4. The van der Waals surface area contributed by atoms with Gasteiger partial charge in [0, 0.05) is 32.7 Å². The fourth-order valence-electron chi connectivity index (χ4n) is 6.00. The van der Waals surface area contributed by atoms with Gasteiger partial charge in [0.25, 0.3) is 0 Å². The highest BCUT2D eigenvalue weighted by atomic mass is 16.3. The summed E-state index contributed by atoms with van der Waals surface area (Å²) in [6.07, 6.45) is 0. The van der Waals surface area contributed by atoms with Crippen LogP contribution in [0.3, 0.4) is 0 Å². The molecular weight excluding hydrogens is 542 g/mol. The van der Waals surface area contributed by atoms with Gasteiger partial charge in [-0.3, -0.25) is 0 Å². The van der Waals surface area contributed by atoms with Gasteiger partial charge in [0.2, 0.25) is 0 Å². The fraction of sp³-hybridized carbons (Fsp3) is 0. The Labute approximate surface area is 252 Å². The van der Waals surface area contributed by atoms with Gasteiger partial charge in [-0.25, -0.2) is 15.0 Å². The van der Waals surface area contributed by atoms with Crippen LogP contribution in [0.2, 0.25) is 0 Å². The average molecular weight is 566 g/mol. The number of hydrogen-bond acceptors (Lipinski definition) is 5. The van der Waals surface area contributed by atoms with Crippen LogP contribution < -0.4 is 0 Å². The van der Waals surface area contributed by atoms with Crippen LogP contribution in [0.4, 0.5) is 0 Å². The van der Waals surface area contributed by atoms with Gasteiger partial charge < -0.3 is 8.83 Å². The minimum atomic E-state index is 0.553. The SMILES string of the molecule is c1ccc(-c2cccc(-c3nc(-c4ccccc4)nc(-c4cccc5c4oc4cc6c(cc45)oc4ccccc46)n3)c2)cc1. The van der Waals surface area contributed by atoms with Crippen LogP contribution in [0.15, 0.2) is 148 Å². The lowest BCUT2D eigenvalue weighted by Gasteiger charge is -2.10. The highest BCUT2D eigenvalue weighted by Gasteiger charge is 2.19. The van der Waals surface area contributed by atoms with Gasteiger partial charge >= 0.3 is 0 Å². The van der Waals surface area contributed by atoms with Crippen molar-refractivity contribution in [3.05, 3.63) is 140 Å². The summed E-state index contributed by atoms with van der Waals surface area (Å²) < 4.78 is 12.8. The Bertz CT molecular complexity index is 2500. The van der Waals surface area contributed by atoms with Crippen molar-refractivity contribution in [3.63, 3.8) is 0 Å². The third-order valence-corrected chi connectivity index (χ3v) is 8.13. The maximum Gasteiger partial charge on any atom is 0.167 e. The number of nitrogens with zero attached hydrogens (tertiary/aromatic N) is 3. The van der Waals surface area contributed by atoms with E-state index in [2.05, 4.69) is 48.5 Å². The van der Waals surface area contributed by atoms with E-state index in [0.717, 1.165) is 71.7 Å². The minimum Gasteiger partial charge on any atom is -0.456 e. The Kier molecular flexibility index (Phi) is 5.43. The van der Waals surface area contributed by atoms with Crippen molar-refractivity contribution in [1.82, 2.24) is 15.0 Å². The summed E-state index contributed by atoms with van der Waals surface area (Å²) in [6, 6.07) is 47.0. The van der Waals surface area contributed by atoms with E-state index in [9.17, 15) is 0 Å². The summed E-state index contributed by atoms with van der Waals surface area (Å²) in [5, 5.41) is 4.06. The van der Waals surface area contributed by atoms with E-state index < -0.39 is 0 Å². The summed E-state index contributed by atoms with van der Waals surface area (Å²) in [5.74, 6) is 1.76. The molecule has 3 aromatic heterocycles. The van der Waals surface area contributed by atoms with E-state index >= 15 is 0 Å². The first-order valence-corrected chi connectivity index (χ1v) is 14.5. The Hall–Kier alpha value is -6.07. The van der Waals surface area contributed by atoms with Crippen molar-refractivity contribution in [1.29, 1.82) is 0 Å². The van der Waals surface area contributed by atoms with Gasteiger partial charge in [0.15, 0.2) is 17.5 Å². The van der Waals surface area contributed by atoms with Crippen molar-refractivity contribution in [2.45, 2.75) is 0 Å². The molecule has 9 rings (SSSR count). The van der Waals surface area contributed by atoms with Gasteiger partial charge in [-0.15, -0.1) is 0 Å². The number of aromatic nitrogens is 3. The summed E-state index contributed by atoms with van der Waals surface area (Å²) in [6.45, 7) is 0. The number of furan rings is 2. The summed E-state index contributed by atoms with van der Waals surface area (Å²) in [4.78, 5) is 15.0. The minimum absolute atomic E-state index is 0.553. The molecule has 0 bridgehead atoms. The molecule has 0 N–H and O–H groups in total. The highest BCUT2D eigenvalue weighted by Crippen LogP contribution is 2.39. The first-order chi connectivity index (χ1) is 21.8. The molecule has 6 aromatic carbocycles. The number of para-hydroxylation sites is 2. The normalized spacial score (nSPS) is 11.6. The fourth-order valence-corrected chi connectivity index (χ4v) is 6.00. The van der Waals surface area contributed by atoms with Crippen LogP contribution >= 0.6 is 0 Å². The predicted molar refractivity (Wildman–Crippen MR) is 176 cm³/mol. The lowest BCUT2D eigenvalue weighted by atomic mass is 10.0. The van der Waals surface area contributed by atoms with Crippen molar-refractivity contribution >= 4 is 43.9 Å². The molecule has 44 heavy (non-hydrogen) atoms. The van der Waals surface area contributed by atoms with Gasteiger partial charge in [0.05, 0.1) is 5.56 Å². The molecule has 3 heterocycles. The van der Waals surface area contributed by atoms with Crippen molar-refractivity contribution in [2.24, 2.45) is 0 Å². The average Bonchev–Trinajstić information content (AvgIpc) is 3.65. The third-order valence-electron chi connectivity index (χ3n) is 8.13. The Morgan fingerprint density at radius 2 is 0.909 bits per heavy atom. The first-order valence-electron chi connectivity index (χ1n) is 14.5. The van der Waals surface area contributed by atoms with Crippen molar-refractivity contribution in [2.75, 3.05) is 0 Å². The lowest BCUT2D eigenvalue weighted by molar-refractivity contribution is 0.664. The Morgan fingerprint density at radius 1 is 0.341 bits per heavy atom. The first kappa shape index (κ1) is 24.5. The van der Waals surface area contributed by atoms with Crippen molar-refractivity contribution < 1.29 is 8.83 Å². The summed E-state index contributed by atoms with van der Waals surface area (Å²) >= 11 is 0. The summed E-state index contributed by atoms with van der Waals surface area (Å²) in [5.41, 5.74) is 8.09. The molecule has 0 saturated carbocycles. The highest BCUT2D eigenvalue weighted by molar-refractivity contribution is 6.16. The molecule has 0 spiro atoms. The Balaban J connectivity index is 1.26. The Morgan fingerprint density at radius 3 is 1.73 bits per heavy atom. The summed E-state index contributed by atoms with van der Waals surface area (Å²) in [7, 11) is 0. The molecule has 9 aromatic rings. The molecule has 5 nitrogen and oxygen atoms in total. The third kappa shape index (κ3) is 3.98. The van der Waals surface area contributed by atoms with Crippen LogP contribution in [0.5, 0.6) is 0 Å². The number of fused-ring (bicyclic) bond motifs is 6. The van der Waals surface area contributed by atoms with E-state index in [1.807, 2.05) is 91.0 Å². The van der Waals surface area contributed by atoms with E-state index in [0.29, 0.717) is 17.5 Å². The van der Waals surface area contributed by atoms with Gasteiger partial charge in [0.1, 0.15) is 22.3 Å². The van der Waals surface area contributed by atoms with E-state index in [1.165, 1.54) is 0 Å². The van der Waals surface area contributed by atoms with Gasteiger partial charge in [-0.2, -0.15) is 0 Å². The maximum absolute atomic E-state index is 6.59. The molecule has 206 valence electrons. The molecule has 0 amide bonds. The molecule has 5 heteroatoms. The van der Waals surface area contributed by atoms with E-state index in [1.54, 1.807) is 0 Å². The molecule has 0 aliphatic heterocycles.